The van der Waals surface area contributed by atoms with Crippen molar-refractivity contribution in [1.82, 2.24) is 9.97 Å². The van der Waals surface area contributed by atoms with E-state index < -0.39 is 11.6 Å². The van der Waals surface area contributed by atoms with Crippen LogP contribution in [0.3, 0.4) is 0 Å². The van der Waals surface area contributed by atoms with E-state index in [2.05, 4.69) is 39.3 Å². The second-order valence-electron chi connectivity index (χ2n) is 6.31. The van der Waals surface area contributed by atoms with Gasteiger partial charge in [-0.2, -0.15) is 4.98 Å². The molecule has 0 saturated heterocycles. The fourth-order valence-corrected chi connectivity index (χ4v) is 2.89. The highest BCUT2D eigenvalue weighted by Crippen LogP contribution is 2.23. The van der Waals surface area contributed by atoms with E-state index in [0.717, 1.165) is 30.5 Å². The molecule has 0 aliphatic rings. The first-order valence-electron chi connectivity index (χ1n) is 9.18. The summed E-state index contributed by atoms with van der Waals surface area (Å²) in [5.74, 6) is -0.504. The molecule has 0 aliphatic carbocycles. The zero-order valence-electron chi connectivity index (χ0n) is 16.1. The number of anilines is 5. The zero-order chi connectivity index (χ0) is 20.1. The maximum atomic E-state index is 13.9. The van der Waals surface area contributed by atoms with Crippen molar-refractivity contribution < 1.29 is 8.78 Å². The van der Waals surface area contributed by atoms with Crippen molar-refractivity contribution in [2.75, 3.05) is 28.6 Å². The van der Waals surface area contributed by atoms with Crippen molar-refractivity contribution in [1.29, 1.82) is 0 Å². The lowest BCUT2D eigenvalue weighted by atomic mass is 10.2. The third-order valence-electron chi connectivity index (χ3n) is 4.30. The molecular weight excluding hydrogens is 360 g/mol. The highest BCUT2D eigenvalue weighted by Gasteiger charge is 2.08. The van der Waals surface area contributed by atoms with Gasteiger partial charge in [0.1, 0.15) is 17.5 Å². The molecule has 0 atom stereocenters. The second-order valence-corrected chi connectivity index (χ2v) is 6.31. The lowest BCUT2D eigenvalue weighted by Gasteiger charge is -2.21. The molecule has 146 valence electrons. The smallest absolute Gasteiger partial charge is 0.229 e. The average molecular weight is 383 g/mol. The molecule has 3 rings (SSSR count). The van der Waals surface area contributed by atoms with E-state index in [0.29, 0.717) is 17.5 Å². The van der Waals surface area contributed by atoms with Crippen LogP contribution >= 0.6 is 0 Å². The number of hydrogen-bond donors (Lipinski definition) is 2. The van der Waals surface area contributed by atoms with Gasteiger partial charge in [-0.15, -0.1) is 0 Å². The van der Waals surface area contributed by atoms with Crippen LogP contribution in [0.1, 0.15) is 19.5 Å². The molecule has 0 aliphatic heterocycles. The van der Waals surface area contributed by atoms with Crippen molar-refractivity contribution in [3.05, 3.63) is 65.9 Å². The molecular formula is C21H23F2N5. The van der Waals surface area contributed by atoms with E-state index in [1.165, 1.54) is 12.1 Å². The molecule has 1 aromatic heterocycles. The Kier molecular flexibility index (Phi) is 6.03. The molecule has 0 radical (unpaired) electrons. The second kappa shape index (κ2) is 8.65. The van der Waals surface area contributed by atoms with Crippen LogP contribution in [0.2, 0.25) is 0 Å². The maximum Gasteiger partial charge on any atom is 0.229 e. The van der Waals surface area contributed by atoms with E-state index >= 15 is 0 Å². The standard InChI is InChI=1S/C21H23F2N5/c1-4-28(5-2)17-9-7-16(8-10-17)25-21-24-14(3)12-20(27-21)26-19-11-6-15(22)13-18(19)23/h6-13H,4-5H2,1-3H3,(H2,24,25,26,27). The number of hydrogen-bond acceptors (Lipinski definition) is 5. The lowest BCUT2D eigenvalue weighted by molar-refractivity contribution is 0.586. The minimum atomic E-state index is -0.683. The summed E-state index contributed by atoms with van der Waals surface area (Å²) in [5.41, 5.74) is 2.85. The van der Waals surface area contributed by atoms with Gasteiger partial charge in [-0.25, -0.2) is 13.8 Å². The highest BCUT2D eigenvalue weighted by atomic mass is 19.1. The van der Waals surface area contributed by atoms with Crippen LogP contribution in [0.25, 0.3) is 0 Å². The summed E-state index contributed by atoms with van der Waals surface area (Å²) in [6, 6.07) is 13.1. The molecule has 2 N–H and O–H groups in total. The summed E-state index contributed by atoms with van der Waals surface area (Å²) in [4.78, 5) is 11.0. The van der Waals surface area contributed by atoms with Crippen LogP contribution in [0.4, 0.5) is 37.6 Å². The van der Waals surface area contributed by atoms with Gasteiger partial charge >= 0.3 is 0 Å². The number of benzene rings is 2. The Morgan fingerprint density at radius 3 is 2.25 bits per heavy atom. The Labute approximate surface area is 163 Å². The SMILES string of the molecule is CCN(CC)c1ccc(Nc2nc(C)cc(Nc3ccc(F)cc3F)n2)cc1. The predicted octanol–water partition coefficient (Wildman–Crippen LogP) is 5.40. The fourth-order valence-electron chi connectivity index (χ4n) is 2.89. The molecule has 0 fully saturated rings. The first-order chi connectivity index (χ1) is 13.5. The van der Waals surface area contributed by atoms with Gasteiger partial charge in [0.15, 0.2) is 0 Å². The average Bonchev–Trinajstić information content (AvgIpc) is 2.66. The largest absolute Gasteiger partial charge is 0.372 e. The Bertz CT molecular complexity index is 940. The van der Waals surface area contributed by atoms with Crippen molar-refractivity contribution in [3.63, 3.8) is 0 Å². The molecule has 28 heavy (non-hydrogen) atoms. The Balaban J connectivity index is 1.78. The molecule has 0 amide bonds. The van der Waals surface area contributed by atoms with E-state index in [1.807, 2.05) is 31.2 Å². The van der Waals surface area contributed by atoms with Gasteiger partial charge in [-0.3, -0.25) is 0 Å². The topological polar surface area (TPSA) is 53.1 Å². The number of nitrogens with one attached hydrogen (secondary N) is 2. The number of rotatable bonds is 7. The van der Waals surface area contributed by atoms with Crippen LogP contribution in [0.15, 0.2) is 48.5 Å². The van der Waals surface area contributed by atoms with Crippen LogP contribution in [-0.2, 0) is 0 Å². The minimum Gasteiger partial charge on any atom is -0.372 e. The minimum absolute atomic E-state index is 0.147. The van der Waals surface area contributed by atoms with Crippen molar-refractivity contribution in [2.24, 2.45) is 0 Å². The molecule has 2 aromatic carbocycles. The van der Waals surface area contributed by atoms with E-state index in [4.69, 9.17) is 0 Å². The third kappa shape index (κ3) is 4.73. The summed E-state index contributed by atoms with van der Waals surface area (Å²) < 4.78 is 27.0. The molecule has 0 saturated carbocycles. The van der Waals surface area contributed by atoms with Gasteiger partial charge < -0.3 is 15.5 Å². The third-order valence-corrected chi connectivity index (χ3v) is 4.30. The van der Waals surface area contributed by atoms with Crippen molar-refractivity contribution in [2.45, 2.75) is 20.8 Å². The first-order valence-corrected chi connectivity index (χ1v) is 9.18. The van der Waals surface area contributed by atoms with Gasteiger partial charge in [-0.1, -0.05) is 0 Å². The molecule has 5 nitrogen and oxygen atoms in total. The molecule has 0 spiro atoms. The monoisotopic (exact) mass is 383 g/mol. The predicted molar refractivity (Wildman–Crippen MR) is 110 cm³/mol. The molecule has 0 bridgehead atoms. The number of halogens is 2. The van der Waals surface area contributed by atoms with Gasteiger partial charge in [0.05, 0.1) is 5.69 Å². The Morgan fingerprint density at radius 2 is 1.61 bits per heavy atom. The quantitative estimate of drug-likeness (QED) is 0.572. The van der Waals surface area contributed by atoms with E-state index in [-0.39, 0.29) is 5.69 Å². The summed E-state index contributed by atoms with van der Waals surface area (Å²) in [7, 11) is 0. The molecule has 7 heteroatoms. The van der Waals surface area contributed by atoms with Crippen molar-refractivity contribution >= 4 is 28.8 Å². The van der Waals surface area contributed by atoms with Gasteiger partial charge in [0.25, 0.3) is 0 Å². The van der Waals surface area contributed by atoms with E-state index in [9.17, 15) is 8.78 Å². The Hall–Kier alpha value is -3.22. The van der Waals surface area contributed by atoms with E-state index in [1.54, 1.807) is 6.07 Å². The zero-order valence-corrected chi connectivity index (χ0v) is 16.1. The summed E-state index contributed by atoms with van der Waals surface area (Å²) in [5, 5.41) is 6.03. The highest BCUT2D eigenvalue weighted by molar-refractivity contribution is 5.62. The van der Waals surface area contributed by atoms with Crippen LogP contribution in [-0.4, -0.2) is 23.1 Å². The normalized spacial score (nSPS) is 10.6. The van der Waals surface area contributed by atoms with Gasteiger partial charge in [-0.05, 0) is 57.2 Å². The number of aromatic nitrogens is 2. The number of nitrogens with zero attached hydrogens (tertiary/aromatic N) is 3. The molecule has 0 unspecified atom stereocenters. The van der Waals surface area contributed by atoms with Crippen LogP contribution in [0.5, 0.6) is 0 Å². The van der Waals surface area contributed by atoms with Crippen LogP contribution < -0.4 is 15.5 Å². The summed E-state index contributed by atoms with van der Waals surface area (Å²) in [6.45, 7) is 7.95. The first kappa shape index (κ1) is 19.5. The fraction of sp³-hybridized carbons (Fsp3) is 0.238. The maximum absolute atomic E-state index is 13.9. The Morgan fingerprint density at radius 1 is 0.893 bits per heavy atom. The van der Waals surface area contributed by atoms with Gasteiger partial charge in [0, 0.05) is 42.3 Å². The summed E-state index contributed by atoms with van der Waals surface area (Å²) in [6.07, 6.45) is 0. The summed E-state index contributed by atoms with van der Waals surface area (Å²) >= 11 is 0. The lowest BCUT2D eigenvalue weighted by Crippen LogP contribution is -2.21. The van der Waals surface area contributed by atoms with Gasteiger partial charge in [0.2, 0.25) is 5.95 Å². The van der Waals surface area contributed by atoms with Crippen molar-refractivity contribution in [3.8, 4) is 0 Å². The van der Waals surface area contributed by atoms with Crippen LogP contribution in [0, 0.1) is 18.6 Å². The number of aryl methyl sites for hydroxylation is 1. The molecule has 1 heterocycles. The molecule has 3 aromatic rings.